The number of aromatic nitrogens is 1. The summed E-state index contributed by atoms with van der Waals surface area (Å²) in [7, 11) is 0. The van der Waals surface area contributed by atoms with Gasteiger partial charge in [-0.3, -0.25) is 0 Å². The zero-order chi connectivity index (χ0) is 13.1. The van der Waals surface area contributed by atoms with Gasteiger partial charge in [-0.05, 0) is 30.4 Å². The van der Waals surface area contributed by atoms with Crippen molar-refractivity contribution in [2.45, 2.75) is 39.2 Å². The molecule has 0 saturated carbocycles. The average molecular weight is 260 g/mol. The number of hydrogen-bond acceptors (Lipinski definition) is 3. The summed E-state index contributed by atoms with van der Waals surface area (Å²) in [4.78, 5) is 5.42. The number of aryl methyl sites for hydroxylation is 1. The zero-order valence-electron chi connectivity index (χ0n) is 11.2. The van der Waals surface area contributed by atoms with Crippen LogP contribution in [0.5, 0.6) is 0 Å². The fourth-order valence-electron chi connectivity index (χ4n) is 1.94. The molecule has 1 aromatic carbocycles. The van der Waals surface area contributed by atoms with Gasteiger partial charge >= 0.3 is 0 Å². The maximum absolute atomic E-state index is 6.21. The minimum atomic E-state index is 0.0566. The Morgan fingerprint density at radius 2 is 1.89 bits per heavy atom. The summed E-state index contributed by atoms with van der Waals surface area (Å²) >= 11 is 1.69. The highest BCUT2D eigenvalue weighted by Crippen LogP contribution is 2.23. The van der Waals surface area contributed by atoms with Gasteiger partial charge in [0.15, 0.2) is 0 Å². The van der Waals surface area contributed by atoms with E-state index in [4.69, 9.17) is 5.73 Å². The number of rotatable bonds is 4. The Morgan fingerprint density at radius 3 is 2.39 bits per heavy atom. The Labute approximate surface area is 113 Å². The Morgan fingerprint density at radius 1 is 1.22 bits per heavy atom. The van der Waals surface area contributed by atoms with E-state index in [-0.39, 0.29) is 6.04 Å². The number of hydrogen-bond donors (Lipinski definition) is 1. The maximum Gasteiger partial charge on any atom is 0.0897 e. The van der Waals surface area contributed by atoms with Crippen molar-refractivity contribution in [1.82, 2.24) is 4.98 Å². The molecule has 18 heavy (non-hydrogen) atoms. The first kappa shape index (κ1) is 13.2. The van der Waals surface area contributed by atoms with Crippen LogP contribution >= 0.6 is 11.3 Å². The van der Waals surface area contributed by atoms with E-state index in [1.54, 1.807) is 11.3 Å². The van der Waals surface area contributed by atoms with E-state index in [0.29, 0.717) is 5.92 Å². The fraction of sp³-hybridized carbons (Fsp3) is 0.400. The van der Waals surface area contributed by atoms with Crippen LogP contribution in [0.2, 0.25) is 0 Å². The largest absolute Gasteiger partial charge is 0.323 e. The summed E-state index contributed by atoms with van der Waals surface area (Å²) in [5.41, 5.74) is 8.87. The Bertz CT molecular complexity index is 499. The molecule has 96 valence electrons. The third-order valence-electron chi connectivity index (χ3n) is 3.11. The van der Waals surface area contributed by atoms with E-state index < -0.39 is 0 Å². The van der Waals surface area contributed by atoms with E-state index in [0.717, 1.165) is 11.4 Å². The Hall–Kier alpha value is -1.19. The van der Waals surface area contributed by atoms with Crippen molar-refractivity contribution in [1.29, 1.82) is 0 Å². The molecule has 0 bridgehead atoms. The summed E-state index contributed by atoms with van der Waals surface area (Å²) in [6.45, 7) is 6.43. The lowest BCUT2D eigenvalue weighted by atomic mass is 9.99. The van der Waals surface area contributed by atoms with Crippen LogP contribution in [0, 0.1) is 6.92 Å². The lowest BCUT2D eigenvalue weighted by molar-refractivity contribution is 0.733. The Balaban J connectivity index is 2.05. The molecule has 1 aromatic heterocycles. The molecule has 0 aliphatic heterocycles. The van der Waals surface area contributed by atoms with Crippen molar-refractivity contribution >= 4 is 11.3 Å². The minimum Gasteiger partial charge on any atom is -0.323 e. The predicted molar refractivity (Wildman–Crippen MR) is 78.0 cm³/mol. The van der Waals surface area contributed by atoms with Crippen LogP contribution < -0.4 is 5.73 Å². The van der Waals surface area contributed by atoms with Crippen molar-refractivity contribution in [2.24, 2.45) is 5.73 Å². The van der Waals surface area contributed by atoms with Crippen LogP contribution in [0.4, 0.5) is 0 Å². The quantitative estimate of drug-likeness (QED) is 0.907. The third-order valence-corrected chi connectivity index (χ3v) is 4.15. The highest BCUT2D eigenvalue weighted by molar-refractivity contribution is 7.11. The molecule has 0 saturated heterocycles. The smallest absolute Gasteiger partial charge is 0.0897 e. The van der Waals surface area contributed by atoms with Gasteiger partial charge in [0.2, 0.25) is 0 Å². The normalized spacial score (nSPS) is 12.9. The van der Waals surface area contributed by atoms with E-state index in [9.17, 15) is 0 Å². The molecule has 2 nitrogen and oxygen atoms in total. The summed E-state index contributed by atoms with van der Waals surface area (Å²) in [6.07, 6.45) is 2.77. The van der Waals surface area contributed by atoms with Crippen LogP contribution in [0.15, 0.2) is 30.5 Å². The van der Waals surface area contributed by atoms with Gasteiger partial charge in [-0.15, -0.1) is 11.3 Å². The van der Waals surface area contributed by atoms with E-state index in [1.807, 2.05) is 13.1 Å². The zero-order valence-corrected chi connectivity index (χ0v) is 12.0. The van der Waals surface area contributed by atoms with Crippen molar-refractivity contribution in [2.75, 3.05) is 0 Å². The van der Waals surface area contributed by atoms with Crippen molar-refractivity contribution in [3.05, 3.63) is 51.5 Å². The standard InChI is InChI=1S/C15H20N2S/c1-10(2)13-6-4-12(5-7-13)8-14(16)15-9-17-11(3)18-15/h4-7,9-10,14H,8,16H2,1-3H3. The van der Waals surface area contributed by atoms with Crippen molar-refractivity contribution in [3.8, 4) is 0 Å². The predicted octanol–water partition coefficient (Wildman–Crippen LogP) is 3.82. The van der Waals surface area contributed by atoms with Gasteiger partial charge in [0, 0.05) is 17.1 Å². The number of nitrogens with zero attached hydrogens (tertiary/aromatic N) is 1. The SMILES string of the molecule is Cc1ncc(C(N)Cc2ccc(C(C)C)cc2)s1. The third kappa shape index (κ3) is 3.18. The number of thiazole rings is 1. The summed E-state index contributed by atoms with van der Waals surface area (Å²) in [5.74, 6) is 0.580. The molecule has 2 rings (SSSR count). The molecule has 1 heterocycles. The van der Waals surface area contributed by atoms with Crippen LogP contribution in [0.1, 0.15) is 46.8 Å². The topological polar surface area (TPSA) is 38.9 Å². The van der Waals surface area contributed by atoms with E-state index in [1.165, 1.54) is 16.0 Å². The second kappa shape index (κ2) is 5.63. The lowest BCUT2D eigenvalue weighted by Crippen LogP contribution is -2.11. The van der Waals surface area contributed by atoms with Gasteiger partial charge in [-0.25, -0.2) is 4.98 Å². The Kier molecular flexibility index (Phi) is 4.15. The molecule has 0 radical (unpaired) electrons. The molecular formula is C15H20N2S. The molecular weight excluding hydrogens is 240 g/mol. The van der Waals surface area contributed by atoms with Crippen molar-refractivity contribution < 1.29 is 0 Å². The van der Waals surface area contributed by atoms with Gasteiger partial charge in [0.1, 0.15) is 0 Å². The molecule has 0 fully saturated rings. The first-order chi connectivity index (χ1) is 8.56. The molecule has 0 amide bonds. The highest BCUT2D eigenvalue weighted by atomic mass is 32.1. The van der Waals surface area contributed by atoms with E-state index in [2.05, 4.69) is 43.1 Å². The molecule has 0 spiro atoms. The van der Waals surface area contributed by atoms with Crippen LogP contribution in [-0.2, 0) is 6.42 Å². The number of benzene rings is 1. The second-order valence-electron chi connectivity index (χ2n) is 4.99. The van der Waals surface area contributed by atoms with Gasteiger partial charge in [0.25, 0.3) is 0 Å². The molecule has 0 aliphatic rings. The van der Waals surface area contributed by atoms with Gasteiger partial charge < -0.3 is 5.73 Å². The monoisotopic (exact) mass is 260 g/mol. The second-order valence-corrected chi connectivity index (χ2v) is 6.25. The van der Waals surface area contributed by atoms with Gasteiger partial charge in [0.05, 0.1) is 5.01 Å². The first-order valence-electron chi connectivity index (χ1n) is 6.33. The molecule has 2 N–H and O–H groups in total. The van der Waals surface area contributed by atoms with E-state index >= 15 is 0 Å². The van der Waals surface area contributed by atoms with Crippen LogP contribution in [0.3, 0.4) is 0 Å². The lowest BCUT2D eigenvalue weighted by Gasteiger charge is -2.11. The van der Waals surface area contributed by atoms with Gasteiger partial charge in [-0.1, -0.05) is 38.1 Å². The summed E-state index contributed by atoms with van der Waals surface area (Å²) in [5, 5.41) is 1.08. The summed E-state index contributed by atoms with van der Waals surface area (Å²) < 4.78 is 0. The van der Waals surface area contributed by atoms with Crippen LogP contribution in [0.25, 0.3) is 0 Å². The van der Waals surface area contributed by atoms with Gasteiger partial charge in [-0.2, -0.15) is 0 Å². The molecule has 3 heteroatoms. The molecule has 0 aliphatic carbocycles. The molecule has 1 unspecified atom stereocenters. The van der Waals surface area contributed by atoms with Crippen LogP contribution in [-0.4, -0.2) is 4.98 Å². The highest BCUT2D eigenvalue weighted by Gasteiger charge is 2.10. The maximum atomic E-state index is 6.21. The fourth-order valence-corrected chi connectivity index (χ4v) is 2.73. The minimum absolute atomic E-state index is 0.0566. The summed E-state index contributed by atoms with van der Waals surface area (Å²) in [6, 6.07) is 8.82. The molecule has 2 aromatic rings. The first-order valence-corrected chi connectivity index (χ1v) is 7.14. The van der Waals surface area contributed by atoms with Crippen molar-refractivity contribution in [3.63, 3.8) is 0 Å². The molecule has 1 atom stereocenters. The average Bonchev–Trinajstić information content (AvgIpc) is 2.76. The number of nitrogens with two attached hydrogens (primary N) is 1.